The van der Waals surface area contributed by atoms with Crippen LogP contribution in [0.2, 0.25) is 0 Å². The van der Waals surface area contributed by atoms with E-state index in [2.05, 4.69) is 31.9 Å². The summed E-state index contributed by atoms with van der Waals surface area (Å²) in [5, 5.41) is 0. The number of likely N-dealkylation sites (tertiary alicyclic amines) is 1. The molecule has 1 aromatic carbocycles. The summed E-state index contributed by atoms with van der Waals surface area (Å²) in [5.41, 5.74) is 2.25. The second-order valence-electron chi connectivity index (χ2n) is 6.69. The third kappa shape index (κ3) is 2.02. The predicted molar refractivity (Wildman–Crippen MR) is 84.1 cm³/mol. The maximum absolute atomic E-state index is 12.9. The quantitative estimate of drug-likeness (QED) is 0.837. The molecule has 1 heterocycles. The zero-order valence-corrected chi connectivity index (χ0v) is 13.5. The minimum Gasteiger partial charge on any atom is -0.497 e. The van der Waals surface area contributed by atoms with Crippen molar-refractivity contribution in [3.8, 4) is 5.75 Å². The van der Waals surface area contributed by atoms with Crippen molar-refractivity contribution in [3.63, 3.8) is 0 Å². The molecule has 3 heteroatoms. The van der Waals surface area contributed by atoms with Gasteiger partial charge in [0.15, 0.2) is 5.78 Å². The number of carbonyl (C=O) groups is 1. The van der Waals surface area contributed by atoms with Crippen LogP contribution in [-0.2, 0) is 5.41 Å². The highest BCUT2D eigenvalue weighted by molar-refractivity contribution is 6.01. The topological polar surface area (TPSA) is 29.5 Å². The van der Waals surface area contributed by atoms with E-state index in [0.717, 1.165) is 37.2 Å². The van der Waals surface area contributed by atoms with Gasteiger partial charge in [0.25, 0.3) is 0 Å². The van der Waals surface area contributed by atoms with E-state index >= 15 is 0 Å². The molecule has 0 saturated carbocycles. The van der Waals surface area contributed by atoms with Crippen LogP contribution in [-0.4, -0.2) is 37.9 Å². The molecule has 1 aromatic rings. The number of Topliss-reactive ketones (excluding diaryl/α,β-unsaturated/α-hetero) is 1. The van der Waals surface area contributed by atoms with E-state index in [1.807, 2.05) is 12.1 Å². The first-order valence-corrected chi connectivity index (χ1v) is 7.94. The fraction of sp³-hybridized carbons (Fsp3) is 0.611. The first-order valence-electron chi connectivity index (χ1n) is 7.94. The molecule has 0 N–H and O–H groups in total. The van der Waals surface area contributed by atoms with Crippen molar-refractivity contribution in [1.82, 2.24) is 4.90 Å². The minimum absolute atomic E-state index is 0.104. The van der Waals surface area contributed by atoms with Gasteiger partial charge in [-0.1, -0.05) is 13.8 Å². The third-order valence-electron chi connectivity index (χ3n) is 5.92. The highest BCUT2D eigenvalue weighted by Crippen LogP contribution is 2.51. The molecule has 114 valence electrons. The number of hydrogen-bond donors (Lipinski definition) is 0. The Bertz CT molecular complexity index is 568. The van der Waals surface area contributed by atoms with Crippen LogP contribution in [0.15, 0.2) is 18.2 Å². The summed E-state index contributed by atoms with van der Waals surface area (Å²) < 4.78 is 5.41. The first-order chi connectivity index (χ1) is 10.0. The molecule has 21 heavy (non-hydrogen) atoms. The third-order valence-corrected chi connectivity index (χ3v) is 5.92. The fourth-order valence-electron chi connectivity index (χ4n) is 4.44. The van der Waals surface area contributed by atoms with Gasteiger partial charge in [0, 0.05) is 23.4 Å². The molecule has 1 saturated heterocycles. The number of ketones is 1. The lowest BCUT2D eigenvalue weighted by Gasteiger charge is -2.45. The molecule has 0 amide bonds. The summed E-state index contributed by atoms with van der Waals surface area (Å²) in [5.74, 6) is 1.69. The van der Waals surface area contributed by atoms with Gasteiger partial charge < -0.3 is 9.64 Å². The standard InChI is InChI=1S/C18H25NO2/c1-5-18-8-9-19(3)11-15(12(18)2)17(20)14-7-6-13(21-4)10-16(14)18/h6-7,10,12,15H,5,8-9,11H2,1-4H3. The Morgan fingerprint density at radius 3 is 2.86 bits per heavy atom. The van der Waals surface area contributed by atoms with Crippen molar-refractivity contribution in [1.29, 1.82) is 0 Å². The first kappa shape index (κ1) is 14.6. The maximum atomic E-state index is 12.9. The van der Waals surface area contributed by atoms with Crippen LogP contribution in [0.3, 0.4) is 0 Å². The average molecular weight is 287 g/mol. The maximum Gasteiger partial charge on any atom is 0.167 e. The summed E-state index contributed by atoms with van der Waals surface area (Å²) in [7, 11) is 3.83. The Kier molecular flexibility index (Phi) is 3.56. The number of rotatable bonds is 2. The highest BCUT2D eigenvalue weighted by Gasteiger charge is 2.50. The summed E-state index contributed by atoms with van der Waals surface area (Å²) in [6.07, 6.45) is 2.19. The largest absolute Gasteiger partial charge is 0.497 e. The van der Waals surface area contributed by atoms with E-state index in [4.69, 9.17) is 4.74 Å². The van der Waals surface area contributed by atoms with E-state index in [9.17, 15) is 4.79 Å². The molecule has 1 fully saturated rings. The van der Waals surface area contributed by atoms with Gasteiger partial charge >= 0.3 is 0 Å². The number of methoxy groups -OCH3 is 1. The predicted octanol–water partition coefficient (Wildman–Crippen LogP) is 3.13. The van der Waals surface area contributed by atoms with Crippen LogP contribution in [0.25, 0.3) is 0 Å². The van der Waals surface area contributed by atoms with Gasteiger partial charge in [-0.15, -0.1) is 0 Å². The number of nitrogens with zero attached hydrogens (tertiary/aromatic N) is 1. The fourth-order valence-corrected chi connectivity index (χ4v) is 4.44. The lowest BCUT2D eigenvalue weighted by atomic mass is 9.57. The lowest BCUT2D eigenvalue weighted by molar-refractivity contribution is 0.0765. The second-order valence-corrected chi connectivity index (χ2v) is 6.69. The van der Waals surface area contributed by atoms with Gasteiger partial charge in [-0.2, -0.15) is 0 Å². The summed E-state index contributed by atoms with van der Waals surface area (Å²) in [6, 6.07) is 6.01. The van der Waals surface area contributed by atoms with E-state index in [0.29, 0.717) is 11.7 Å². The molecule has 3 atom stereocenters. The van der Waals surface area contributed by atoms with Crippen molar-refractivity contribution < 1.29 is 9.53 Å². The molecule has 2 bridgehead atoms. The zero-order valence-electron chi connectivity index (χ0n) is 13.5. The Hall–Kier alpha value is -1.35. The molecule has 0 radical (unpaired) electrons. The summed E-state index contributed by atoms with van der Waals surface area (Å²) in [4.78, 5) is 15.2. The van der Waals surface area contributed by atoms with Crippen LogP contribution in [0, 0.1) is 11.8 Å². The van der Waals surface area contributed by atoms with Crippen molar-refractivity contribution in [2.24, 2.45) is 11.8 Å². The summed E-state index contributed by atoms with van der Waals surface area (Å²) in [6.45, 7) is 6.47. The molecule has 2 aliphatic rings. The van der Waals surface area contributed by atoms with Gasteiger partial charge in [-0.05, 0) is 56.1 Å². The number of ether oxygens (including phenoxy) is 1. The van der Waals surface area contributed by atoms with Gasteiger partial charge in [0.2, 0.25) is 0 Å². The van der Waals surface area contributed by atoms with Crippen LogP contribution in [0.5, 0.6) is 5.75 Å². The van der Waals surface area contributed by atoms with Gasteiger partial charge in [0.05, 0.1) is 7.11 Å². The Morgan fingerprint density at radius 1 is 1.43 bits per heavy atom. The van der Waals surface area contributed by atoms with Gasteiger partial charge in [-0.3, -0.25) is 4.79 Å². The van der Waals surface area contributed by atoms with Gasteiger partial charge in [-0.25, -0.2) is 0 Å². The Morgan fingerprint density at radius 2 is 2.19 bits per heavy atom. The number of fused-ring (bicyclic) bond motifs is 4. The van der Waals surface area contributed by atoms with Crippen molar-refractivity contribution in [2.45, 2.75) is 32.1 Å². The van der Waals surface area contributed by atoms with Crippen molar-refractivity contribution in [3.05, 3.63) is 29.3 Å². The minimum atomic E-state index is 0.104. The molecule has 0 aromatic heterocycles. The van der Waals surface area contributed by atoms with Crippen LogP contribution < -0.4 is 4.74 Å². The molecule has 1 aliphatic carbocycles. The molecular weight excluding hydrogens is 262 g/mol. The van der Waals surface area contributed by atoms with Crippen LogP contribution in [0.1, 0.15) is 42.6 Å². The smallest absolute Gasteiger partial charge is 0.167 e. The van der Waals surface area contributed by atoms with Crippen molar-refractivity contribution in [2.75, 3.05) is 27.2 Å². The van der Waals surface area contributed by atoms with Gasteiger partial charge in [0.1, 0.15) is 5.75 Å². The SMILES string of the molecule is CCC12CCN(C)CC(C(=O)c3ccc(OC)cc31)C2C. The molecule has 3 nitrogen and oxygen atoms in total. The Balaban J connectivity index is 2.23. The normalized spacial score (nSPS) is 32.5. The lowest BCUT2D eigenvalue weighted by Crippen LogP contribution is -2.46. The molecule has 1 aliphatic heterocycles. The monoisotopic (exact) mass is 287 g/mol. The summed E-state index contributed by atoms with van der Waals surface area (Å²) >= 11 is 0. The van der Waals surface area contributed by atoms with Crippen LogP contribution in [0.4, 0.5) is 0 Å². The molecule has 0 spiro atoms. The Labute approximate surface area is 127 Å². The number of hydrogen-bond acceptors (Lipinski definition) is 3. The zero-order chi connectivity index (χ0) is 15.2. The van der Waals surface area contributed by atoms with E-state index in [-0.39, 0.29) is 11.3 Å². The molecule has 3 rings (SSSR count). The van der Waals surface area contributed by atoms with E-state index < -0.39 is 0 Å². The molecule has 3 unspecified atom stereocenters. The second kappa shape index (κ2) is 5.13. The molecular formula is C18H25NO2. The number of carbonyl (C=O) groups excluding carboxylic acids is 1. The number of benzene rings is 1. The average Bonchev–Trinajstić information content (AvgIpc) is 2.60. The highest BCUT2D eigenvalue weighted by atomic mass is 16.5. The van der Waals surface area contributed by atoms with Crippen molar-refractivity contribution >= 4 is 5.78 Å². The van der Waals surface area contributed by atoms with E-state index in [1.54, 1.807) is 7.11 Å². The van der Waals surface area contributed by atoms with Crippen LogP contribution >= 0.6 is 0 Å². The van der Waals surface area contributed by atoms with E-state index in [1.165, 1.54) is 5.56 Å².